The van der Waals surface area contributed by atoms with E-state index in [2.05, 4.69) is 20.9 Å². The number of rotatable bonds is 9. The van der Waals surface area contributed by atoms with Crippen LogP contribution < -0.4 is 16.0 Å². The van der Waals surface area contributed by atoms with E-state index in [4.69, 9.17) is 0 Å². The Bertz CT molecular complexity index is 821. The number of hydrogen-bond donors (Lipinski definition) is 3. The third-order valence-corrected chi connectivity index (χ3v) is 6.49. The summed E-state index contributed by atoms with van der Waals surface area (Å²) in [6.45, 7) is 7.69. The van der Waals surface area contributed by atoms with Crippen LogP contribution in [0.1, 0.15) is 53.6 Å². The zero-order valence-electron chi connectivity index (χ0n) is 18.1. The molecule has 0 saturated carbocycles. The number of benzene rings is 1. The van der Waals surface area contributed by atoms with Gasteiger partial charge in [0, 0.05) is 51.3 Å². The van der Waals surface area contributed by atoms with Crippen LogP contribution in [0.15, 0.2) is 18.2 Å². The van der Waals surface area contributed by atoms with Crippen molar-refractivity contribution in [3.8, 4) is 0 Å². The summed E-state index contributed by atoms with van der Waals surface area (Å²) in [5.41, 5.74) is 2.67. The monoisotopic (exact) mass is 427 g/mol. The molecule has 8 nitrogen and oxygen atoms in total. The highest BCUT2D eigenvalue weighted by molar-refractivity contribution is 6.05. The minimum absolute atomic E-state index is 0.0991. The summed E-state index contributed by atoms with van der Waals surface area (Å²) in [7, 11) is 0. The van der Waals surface area contributed by atoms with Gasteiger partial charge in [-0.2, -0.15) is 0 Å². The Labute approximate surface area is 183 Å². The van der Waals surface area contributed by atoms with Gasteiger partial charge >= 0.3 is 0 Å². The second-order valence-electron chi connectivity index (χ2n) is 8.68. The van der Waals surface area contributed by atoms with Crippen molar-refractivity contribution < 1.29 is 14.4 Å². The quantitative estimate of drug-likeness (QED) is 0.395. The number of carbonyl (C=O) groups is 3. The van der Waals surface area contributed by atoms with Gasteiger partial charge in [-0.25, -0.2) is 0 Å². The molecule has 1 aromatic rings. The lowest BCUT2D eigenvalue weighted by Crippen LogP contribution is -2.52. The molecule has 3 aliphatic rings. The number of hydrogen-bond acceptors (Lipinski definition) is 6. The van der Waals surface area contributed by atoms with Gasteiger partial charge in [0.25, 0.3) is 5.91 Å². The minimum atomic E-state index is -0.561. The third kappa shape index (κ3) is 5.31. The topological polar surface area (TPSA) is 93.8 Å². The van der Waals surface area contributed by atoms with Crippen molar-refractivity contribution in [3.05, 3.63) is 34.9 Å². The fourth-order valence-electron chi connectivity index (χ4n) is 4.76. The van der Waals surface area contributed by atoms with E-state index in [9.17, 15) is 14.4 Å². The first-order valence-corrected chi connectivity index (χ1v) is 11.5. The molecule has 0 aromatic heterocycles. The lowest BCUT2D eigenvalue weighted by atomic mass is 10.0. The van der Waals surface area contributed by atoms with Gasteiger partial charge in [0.2, 0.25) is 11.8 Å². The number of carbonyl (C=O) groups excluding carboxylic acids is 3. The van der Waals surface area contributed by atoms with Gasteiger partial charge in [-0.3, -0.25) is 19.7 Å². The van der Waals surface area contributed by atoms with Crippen molar-refractivity contribution in [3.63, 3.8) is 0 Å². The van der Waals surface area contributed by atoms with Crippen molar-refractivity contribution >= 4 is 17.7 Å². The number of unbranched alkanes of at least 4 members (excludes halogenated alkanes) is 2. The van der Waals surface area contributed by atoms with Crippen LogP contribution in [0, 0.1) is 0 Å². The first-order valence-electron chi connectivity index (χ1n) is 11.5. The maximum atomic E-state index is 13.1. The molecule has 0 radical (unpaired) electrons. The first kappa shape index (κ1) is 21.9. The van der Waals surface area contributed by atoms with Gasteiger partial charge in [-0.1, -0.05) is 24.6 Å². The summed E-state index contributed by atoms with van der Waals surface area (Å²) in [5, 5.41) is 9.22. The number of imide groups is 1. The van der Waals surface area contributed by atoms with Gasteiger partial charge in [-0.15, -0.1) is 0 Å². The molecule has 1 aromatic carbocycles. The fourth-order valence-corrected chi connectivity index (χ4v) is 4.76. The second kappa shape index (κ2) is 10.3. The molecule has 0 spiro atoms. The summed E-state index contributed by atoms with van der Waals surface area (Å²) in [4.78, 5) is 40.9. The fraction of sp³-hybridized carbons (Fsp3) is 0.609. The average molecular weight is 428 g/mol. The molecule has 2 saturated heterocycles. The molecule has 3 amide bonds. The Morgan fingerprint density at radius 3 is 2.71 bits per heavy atom. The summed E-state index contributed by atoms with van der Waals surface area (Å²) in [5.74, 6) is -0.723. The highest BCUT2D eigenvalue weighted by atomic mass is 16.2. The minimum Gasteiger partial charge on any atom is -0.322 e. The largest absolute Gasteiger partial charge is 0.322 e. The molecule has 0 bridgehead atoms. The van der Waals surface area contributed by atoms with Gasteiger partial charge in [0.05, 0.1) is 0 Å². The summed E-state index contributed by atoms with van der Waals surface area (Å²) >= 11 is 0. The number of fused-ring (bicyclic) bond motifs is 1. The van der Waals surface area contributed by atoms with Crippen LogP contribution in [0.4, 0.5) is 0 Å². The Balaban J connectivity index is 1.23. The second-order valence-corrected chi connectivity index (χ2v) is 8.68. The smallest absolute Gasteiger partial charge is 0.255 e. The van der Waals surface area contributed by atoms with Crippen molar-refractivity contribution in [1.29, 1.82) is 0 Å². The number of nitrogens with zero attached hydrogens (tertiary/aromatic N) is 2. The van der Waals surface area contributed by atoms with E-state index < -0.39 is 6.04 Å². The maximum Gasteiger partial charge on any atom is 0.255 e. The lowest BCUT2D eigenvalue weighted by Gasteiger charge is -2.29. The van der Waals surface area contributed by atoms with Gasteiger partial charge in [-0.05, 0) is 43.5 Å². The third-order valence-electron chi connectivity index (χ3n) is 6.49. The molecule has 0 aliphatic carbocycles. The number of piperazine rings is 1. The SMILES string of the molecule is O=C1CCC(N2Cc3cccc(CNCCCCCN4CCNCC4)c3C2=O)C(=O)N1. The molecule has 3 heterocycles. The van der Waals surface area contributed by atoms with Crippen LogP contribution in [0.25, 0.3) is 0 Å². The molecule has 4 rings (SSSR count). The zero-order valence-corrected chi connectivity index (χ0v) is 18.1. The van der Waals surface area contributed by atoms with E-state index in [-0.39, 0.29) is 24.1 Å². The molecule has 31 heavy (non-hydrogen) atoms. The summed E-state index contributed by atoms with van der Waals surface area (Å²) in [6, 6.07) is 5.36. The Morgan fingerprint density at radius 1 is 1.06 bits per heavy atom. The molecular weight excluding hydrogens is 394 g/mol. The van der Waals surface area contributed by atoms with Crippen molar-refractivity contribution in [2.24, 2.45) is 0 Å². The van der Waals surface area contributed by atoms with Crippen molar-refractivity contribution in [2.75, 3.05) is 39.3 Å². The van der Waals surface area contributed by atoms with E-state index in [1.54, 1.807) is 4.90 Å². The van der Waals surface area contributed by atoms with E-state index in [0.29, 0.717) is 19.5 Å². The highest BCUT2D eigenvalue weighted by Crippen LogP contribution is 2.29. The Kier molecular flexibility index (Phi) is 7.32. The van der Waals surface area contributed by atoms with E-state index in [1.807, 2.05) is 18.2 Å². The van der Waals surface area contributed by atoms with Gasteiger partial charge < -0.3 is 20.4 Å². The Hall–Kier alpha value is -2.29. The normalized spacial score (nSPS) is 22.0. The van der Waals surface area contributed by atoms with E-state index in [1.165, 1.54) is 19.4 Å². The summed E-state index contributed by atoms with van der Waals surface area (Å²) < 4.78 is 0. The molecular formula is C23H33N5O3. The van der Waals surface area contributed by atoms with Crippen molar-refractivity contribution in [1.82, 2.24) is 25.8 Å². The first-order chi connectivity index (χ1) is 15.1. The standard InChI is InChI=1S/C23H33N5O3/c29-20-8-7-19(22(30)26-20)28-16-18-6-4-5-17(21(18)23(28)31)15-25-9-2-1-3-12-27-13-10-24-11-14-27/h4-6,19,24-25H,1-3,7-16H2,(H,26,29,30). The molecule has 1 atom stereocenters. The molecule has 2 fully saturated rings. The van der Waals surface area contributed by atoms with Crippen LogP contribution >= 0.6 is 0 Å². The van der Waals surface area contributed by atoms with Crippen molar-refractivity contribution in [2.45, 2.75) is 51.2 Å². The van der Waals surface area contributed by atoms with Crippen LogP contribution in [0.5, 0.6) is 0 Å². The maximum absolute atomic E-state index is 13.1. The average Bonchev–Trinajstić information content (AvgIpc) is 3.11. The number of piperidine rings is 1. The van der Waals surface area contributed by atoms with E-state index >= 15 is 0 Å². The highest BCUT2D eigenvalue weighted by Gasteiger charge is 2.39. The molecule has 8 heteroatoms. The van der Waals surface area contributed by atoms with Crippen LogP contribution in [0.2, 0.25) is 0 Å². The molecule has 3 aliphatic heterocycles. The lowest BCUT2D eigenvalue weighted by molar-refractivity contribution is -0.136. The molecule has 1 unspecified atom stereocenters. The van der Waals surface area contributed by atoms with Gasteiger partial charge in [0.1, 0.15) is 6.04 Å². The summed E-state index contributed by atoms with van der Waals surface area (Å²) in [6.07, 6.45) is 4.22. The predicted octanol–water partition coefficient (Wildman–Crippen LogP) is 0.613. The zero-order chi connectivity index (χ0) is 21.6. The number of nitrogens with one attached hydrogen (secondary N) is 3. The molecule has 168 valence electrons. The number of amides is 3. The Morgan fingerprint density at radius 2 is 1.90 bits per heavy atom. The van der Waals surface area contributed by atoms with Gasteiger partial charge in [0.15, 0.2) is 0 Å². The van der Waals surface area contributed by atoms with E-state index in [0.717, 1.165) is 55.8 Å². The predicted molar refractivity (Wildman–Crippen MR) is 117 cm³/mol. The van der Waals surface area contributed by atoms with Crippen LogP contribution in [-0.2, 0) is 22.7 Å². The molecule has 3 N–H and O–H groups in total. The van der Waals surface area contributed by atoms with Crippen LogP contribution in [0.3, 0.4) is 0 Å². The van der Waals surface area contributed by atoms with Crippen LogP contribution in [-0.4, -0.2) is 72.8 Å².